The minimum Gasteiger partial charge on any atom is -0.348 e. The van der Waals surface area contributed by atoms with Crippen LogP contribution in [-0.4, -0.2) is 43.6 Å². The van der Waals surface area contributed by atoms with E-state index in [0.717, 1.165) is 66.1 Å². The van der Waals surface area contributed by atoms with Crippen molar-refractivity contribution < 1.29 is 4.79 Å². The lowest BCUT2D eigenvalue weighted by atomic mass is 10.0. The van der Waals surface area contributed by atoms with Gasteiger partial charge in [-0.2, -0.15) is 0 Å². The fourth-order valence-corrected chi connectivity index (χ4v) is 5.55. The number of aromatic nitrogens is 3. The maximum atomic E-state index is 13.1. The lowest BCUT2D eigenvalue weighted by molar-refractivity contribution is 0.0993. The number of nitrogens with one attached hydrogen (secondary N) is 1. The molecule has 2 aromatic heterocycles. The first-order valence-electron chi connectivity index (χ1n) is 15.1. The maximum Gasteiger partial charge on any atom is 0.167 e. The number of hydrogen-bond donors (Lipinski definition) is 1. The number of hydrogen-bond acceptors (Lipinski definition) is 5. The van der Waals surface area contributed by atoms with Crippen molar-refractivity contribution in [1.82, 2.24) is 24.8 Å². The van der Waals surface area contributed by atoms with Gasteiger partial charge in [-0.15, -0.1) is 0 Å². The Kier molecular flexibility index (Phi) is 10.3. The van der Waals surface area contributed by atoms with Crippen LogP contribution in [0, 0.1) is 0 Å². The Morgan fingerprint density at radius 2 is 1.36 bits per heavy atom. The predicted octanol–water partition coefficient (Wildman–Crippen LogP) is 7.21. The van der Waals surface area contributed by atoms with Crippen LogP contribution in [0.25, 0.3) is 10.8 Å². The van der Waals surface area contributed by atoms with Crippen molar-refractivity contribution in [2.75, 3.05) is 13.1 Å². The van der Waals surface area contributed by atoms with Gasteiger partial charge in [-0.25, -0.2) is 4.98 Å². The Hall–Kier alpha value is -4.13. The minimum atomic E-state index is 0.139. The largest absolute Gasteiger partial charge is 0.348 e. The minimum absolute atomic E-state index is 0.139. The summed E-state index contributed by atoms with van der Waals surface area (Å²) in [7, 11) is 0. The number of carbonyl (C=O) groups excluding carboxylic acids is 1. The Morgan fingerprint density at radius 1 is 0.690 bits per heavy atom. The Morgan fingerprint density at radius 3 is 2.05 bits per heavy atom. The molecule has 5 aromatic rings. The van der Waals surface area contributed by atoms with Crippen LogP contribution in [0.4, 0.5) is 0 Å². The van der Waals surface area contributed by atoms with E-state index in [-0.39, 0.29) is 5.78 Å². The molecular weight excluding hydrogens is 518 g/mol. The Labute approximate surface area is 249 Å². The molecule has 5 rings (SSSR count). The van der Waals surface area contributed by atoms with E-state index in [2.05, 4.69) is 100 Å². The second-order valence-electron chi connectivity index (χ2n) is 11.0. The molecule has 6 heteroatoms. The Balaban J connectivity index is 1.23. The first-order chi connectivity index (χ1) is 20.6. The van der Waals surface area contributed by atoms with Gasteiger partial charge in [0.15, 0.2) is 5.78 Å². The zero-order valence-electron chi connectivity index (χ0n) is 24.8. The number of imidazole rings is 1. The Bertz CT molecular complexity index is 1530. The number of fused-ring (bicyclic) bond motifs is 1. The first-order valence-corrected chi connectivity index (χ1v) is 15.1. The van der Waals surface area contributed by atoms with Crippen LogP contribution in [-0.2, 0) is 32.6 Å². The van der Waals surface area contributed by atoms with E-state index in [0.29, 0.717) is 26.1 Å². The van der Waals surface area contributed by atoms with Crippen molar-refractivity contribution in [1.29, 1.82) is 0 Å². The molecule has 0 aliphatic rings. The fraction of sp³-hybridized carbons (Fsp3) is 0.306. The summed E-state index contributed by atoms with van der Waals surface area (Å²) in [6, 6.07) is 27.0. The summed E-state index contributed by atoms with van der Waals surface area (Å²) in [4.78, 5) is 30.3. The molecule has 0 radical (unpaired) electrons. The van der Waals surface area contributed by atoms with Crippen molar-refractivity contribution in [2.45, 2.75) is 59.3 Å². The molecule has 0 amide bonds. The highest BCUT2D eigenvalue weighted by molar-refractivity contribution is 5.97. The van der Waals surface area contributed by atoms with E-state index in [9.17, 15) is 4.79 Å². The molecule has 1 N–H and O–H groups in total. The second kappa shape index (κ2) is 14.7. The quantitative estimate of drug-likeness (QED) is 0.137. The first kappa shape index (κ1) is 29.4. The van der Waals surface area contributed by atoms with Gasteiger partial charge in [-0.05, 0) is 54.1 Å². The summed E-state index contributed by atoms with van der Waals surface area (Å²) in [6.07, 6.45) is 8.24. The van der Waals surface area contributed by atoms with Gasteiger partial charge in [0, 0.05) is 55.6 Å². The van der Waals surface area contributed by atoms with Gasteiger partial charge < -0.3 is 4.98 Å². The van der Waals surface area contributed by atoms with Crippen molar-refractivity contribution in [3.05, 3.63) is 131 Å². The van der Waals surface area contributed by atoms with Crippen LogP contribution >= 0.6 is 0 Å². The summed E-state index contributed by atoms with van der Waals surface area (Å²) in [5.74, 6) is 1.05. The summed E-state index contributed by atoms with van der Waals surface area (Å²) in [6.45, 7) is 9.72. The average molecular weight is 560 g/mol. The van der Waals surface area contributed by atoms with Gasteiger partial charge in [0.25, 0.3) is 0 Å². The molecule has 0 unspecified atom stereocenters. The third-order valence-corrected chi connectivity index (χ3v) is 7.61. The molecule has 0 atom stereocenters. The van der Waals surface area contributed by atoms with Gasteiger partial charge in [-0.1, -0.05) is 86.6 Å². The van der Waals surface area contributed by atoms with Crippen molar-refractivity contribution in [3.8, 4) is 0 Å². The van der Waals surface area contributed by atoms with Crippen LogP contribution in [0.1, 0.15) is 65.3 Å². The standard InChI is InChI=1S/C36H41N5O/c1-3-21-40(22-4-2)24-29-11-9-28(10-12-29)23-35(42)32-15-13-30(14-16-32)25-41(27-36-38-19-20-39-36)26-34-33-8-6-5-7-31(33)17-18-37-34/h5-20H,3-4,21-27H2,1-2H3,(H,38,39). The highest BCUT2D eigenvalue weighted by atomic mass is 16.1. The maximum absolute atomic E-state index is 13.1. The van der Waals surface area contributed by atoms with E-state index < -0.39 is 0 Å². The van der Waals surface area contributed by atoms with E-state index in [1.807, 2.05) is 24.5 Å². The lowest BCUT2D eigenvalue weighted by Crippen LogP contribution is -2.24. The summed E-state index contributed by atoms with van der Waals surface area (Å²) in [5, 5.41) is 2.35. The van der Waals surface area contributed by atoms with Crippen LogP contribution in [0.5, 0.6) is 0 Å². The number of rotatable bonds is 15. The number of H-pyrrole nitrogens is 1. The van der Waals surface area contributed by atoms with E-state index in [1.54, 1.807) is 6.20 Å². The molecule has 0 bridgehead atoms. The molecule has 0 saturated heterocycles. The van der Waals surface area contributed by atoms with Crippen molar-refractivity contribution >= 4 is 16.6 Å². The van der Waals surface area contributed by atoms with Gasteiger partial charge >= 0.3 is 0 Å². The number of Topliss-reactive ketones (excluding diaryl/α,β-unsaturated/α-hetero) is 1. The fourth-order valence-electron chi connectivity index (χ4n) is 5.55. The molecule has 6 nitrogen and oxygen atoms in total. The normalized spacial score (nSPS) is 11.5. The number of carbonyl (C=O) groups is 1. The summed E-state index contributed by atoms with van der Waals surface area (Å²) in [5.41, 5.74) is 5.29. The van der Waals surface area contributed by atoms with Crippen LogP contribution in [0.15, 0.2) is 97.5 Å². The van der Waals surface area contributed by atoms with Crippen molar-refractivity contribution in [2.24, 2.45) is 0 Å². The molecule has 3 aromatic carbocycles. The van der Waals surface area contributed by atoms with E-state index in [4.69, 9.17) is 4.98 Å². The highest BCUT2D eigenvalue weighted by Crippen LogP contribution is 2.20. The summed E-state index contributed by atoms with van der Waals surface area (Å²) < 4.78 is 0. The average Bonchev–Trinajstić information content (AvgIpc) is 3.52. The number of aromatic amines is 1. The SMILES string of the molecule is CCCN(CCC)Cc1ccc(CC(=O)c2ccc(CN(Cc3ncc[nH]3)Cc3nccc4ccccc34)cc2)cc1. The molecule has 216 valence electrons. The number of nitrogens with zero attached hydrogens (tertiary/aromatic N) is 4. The van der Waals surface area contributed by atoms with E-state index >= 15 is 0 Å². The number of pyridine rings is 1. The highest BCUT2D eigenvalue weighted by Gasteiger charge is 2.14. The monoisotopic (exact) mass is 559 g/mol. The van der Waals surface area contributed by atoms with Gasteiger partial charge in [0.2, 0.25) is 0 Å². The molecule has 2 heterocycles. The topological polar surface area (TPSA) is 65.1 Å². The molecular formula is C36H41N5O. The third-order valence-electron chi connectivity index (χ3n) is 7.61. The smallest absolute Gasteiger partial charge is 0.167 e. The van der Waals surface area contributed by atoms with Gasteiger partial charge in [-0.3, -0.25) is 19.6 Å². The molecule has 0 aliphatic carbocycles. The molecule has 0 fully saturated rings. The van der Waals surface area contributed by atoms with Gasteiger partial charge in [0.1, 0.15) is 5.82 Å². The molecule has 42 heavy (non-hydrogen) atoms. The molecule has 0 saturated carbocycles. The molecule has 0 aliphatic heterocycles. The van der Waals surface area contributed by atoms with Crippen LogP contribution in [0.3, 0.4) is 0 Å². The molecule has 0 spiro atoms. The second-order valence-corrected chi connectivity index (χ2v) is 11.0. The zero-order valence-corrected chi connectivity index (χ0v) is 24.8. The number of benzene rings is 3. The van der Waals surface area contributed by atoms with Crippen molar-refractivity contribution in [3.63, 3.8) is 0 Å². The zero-order chi connectivity index (χ0) is 29.1. The van der Waals surface area contributed by atoms with Crippen LogP contribution < -0.4 is 0 Å². The van der Waals surface area contributed by atoms with E-state index in [1.165, 1.54) is 10.9 Å². The third kappa shape index (κ3) is 7.99. The lowest BCUT2D eigenvalue weighted by Gasteiger charge is -2.22. The number of ketones is 1. The predicted molar refractivity (Wildman–Crippen MR) is 170 cm³/mol. The summed E-state index contributed by atoms with van der Waals surface area (Å²) >= 11 is 0. The van der Waals surface area contributed by atoms with Crippen LogP contribution in [0.2, 0.25) is 0 Å². The van der Waals surface area contributed by atoms with Gasteiger partial charge in [0.05, 0.1) is 12.2 Å².